The summed E-state index contributed by atoms with van der Waals surface area (Å²) in [5, 5.41) is 6.23. The van der Waals surface area contributed by atoms with E-state index in [1.54, 1.807) is 11.8 Å². The van der Waals surface area contributed by atoms with Crippen LogP contribution in [0.1, 0.15) is 5.69 Å². The number of carbonyl (C=O) groups excluding carboxylic acids is 1. The molecule has 36 heavy (non-hydrogen) atoms. The normalized spacial score (nSPS) is 12.0. The van der Waals surface area contributed by atoms with Crippen molar-refractivity contribution < 1.29 is 4.79 Å². The lowest BCUT2D eigenvalue weighted by molar-refractivity contribution is -0.113. The summed E-state index contributed by atoms with van der Waals surface area (Å²) in [4.78, 5) is 23.5. The van der Waals surface area contributed by atoms with E-state index in [2.05, 4.69) is 33.9 Å². The number of imidazole rings is 1. The molecule has 3 heterocycles. The zero-order valence-corrected chi connectivity index (χ0v) is 21.5. The maximum Gasteiger partial charge on any atom is 0.236 e. The number of nitrogens with zero attached hydrogens (tertiary/aromatic N) is 3. The first-order valence-electron chi connectivity index (χ1n) is 11.3. The first-order chi connectivity index (χ1) is 17.7. The molecule has 0 radical (unpaired) electrons. The number of nitrogens with one attached hydrogen (secondary N) is 2. The standard InChI is InChI=1S/C27H21N5OS3/c33-24(30-26-28-21(15-35-26)18-9-3-1-4-10-18)17-36-27-29-22-16-34-23-14-8-7-13-20(23)25(22)32(27)31-19-11-5-2-6-12-19/h1-15,31H,16-17H2,(H,28,30,33). The number of thioether (sulfide) groups is 2. The molecule has 178 valence electrons. The second-order valence-electron chi connectivity index (χ2n) is 8.03. The molecule has 9 heteroatoms. The van der Waals surface area contributed by atoms with Crippen LogP contribution < -0.4 is 10.7 Å². The lowest BCUT2D eigenvalue weighted by Crippen LogP contribution is -2.16. The van der Waals surface area contributed by atoms with E-state index in [0.29, 0.717) is 5.13 Å². The number of rotatable bonds is 7. The average Bonchev–Trinajstić information content (AvgIpc) is 3.53. The highest BCUT2D eigenvalue weighted by Crippen LogP contribution is 2.42. The second-order valence-corrected chi connectivity index (χ2v) is 10.8. The molecule has 0 fully saturated rings. The molecule has 0 saturated carbocycles. The molecule has 0 aliphatic carbocycles. The van der Waals surface area contributed by atoms with Crippen molar-refractivity contribution in [1.82, 2.24) is 14.6 Å². The van der Waals surface area contributed by atoms with Crippen molar-refractivity contribution in [1.29, 1.82) is 0 Å². The highest BCUT2D eigenvalue weighted by molar-refractivity contribution is 8.00. The van der Waals surface area contributed by atoms with Gasteiger partial charge in [0.1, 0.15) is 0 Å². The van der Waals surface area contributed by atoms with Crippen LogP contribution in [0.3, 0.4) is 0 Å². The van der Waals surface area contributed by atoms with Crippen LogP contribution in [0.5, 0.6) is 0 Å². The minimum atomic E-state index is -0.115. The van der Waals surface area contributed by atoms with Gasteiger partial charge in [-0.1, -0.05) is 78.5 Å². The smallest absolute Gasteiger partial charge is 0.236 e. The van der Waals surface area contributed by atoms with Crippen LogP contribution >= 0.6 is 34.9 Å². The Morgan fingerprint density at radius 3 is 2.53 bits per heavy atom. The molecule has 1 aliphatic rings. The predicted octanol–water partition coefficient (Wildman–Crippen LogP) is 6.89. The number of benzene rings is 3. The minimum absolute atomic E-state index is 0.115. The maximum absolute atomic E-state index is 12.8. The molecule has 6 nitrogen and oxygen atoms in total. The number of para-hydroxylation sites is 1. The number of carbonyl (C=O) groups is 1. The summed E-state index contributed by atoms with van der Waals surface area (Å²) in [7, 11) is 0. The molecular weight excluding hydrogens is 507 g/mol. The summed E-state index contributed by atoms with van der Waals surface area (Å²) < 4.78 is 2.01. The summed E-state index contributed by atoms with van der Waals surface area (Å²) >= 11 is 4.62. The summed E-state index contributed by atoms with van der Waals surface area (Å²) in [6.07, 6.45) is 0. The SMILES string of the molecule is O=C(CSc1nc2c(n1Nc1ccccc1)-c1ccccc1SC2)Nc1nc(-c2ccccc2)cs1. The fourth-order valence-corrected chi connectivity index (χ4v) is 6.45. The van der Waals surface area contributed by atoms with Crippen molar-refractivity contribution in [2.24, 2.45) is 0 Å². The Kier molecular flexibility index (Phi) is 6.50. The Bertz CT molecular complexity index is 1520. The molecular formula is C27H21N5OS3. The topological polar surface area (TPSA) is 71.8 Å². The Morgan fingerprint density at radius 1 is 0.944 bits per heavy atom. The van der Waals surface area contributed by atoms with Gasteiger partial charge in [-0.3, -0.25) is 10.2 Å². The molecule has 1 amide bonds. The summed E-state index contributed by atoms with van der Waals surface area (Å²) in [5.74, 6) is 0.897. The Labute approximate surface area is 221 Å². The van der Waals surface area contributed by atoms with Gasteiger partial charge in [-0.05, 0) is 18.2 Å². The molecule has 2 aromatic heterocycles. The second kappa shape index (κ2) is 10.2. The largest absolute Gasteiger partial charge is 0.301 e. The molecule has 2 N–H and O–H groups in total. The van der Waals surface area contributed by atoms with Crippen molar-refractivity contribution in [3.8, 4) is 22.5 Å². The fraction of sp³-hybridized carbons (Fsp3) is 0.0741. The molecule has 0 spiro atoms. The third kappa shape index (κ3) is 4.77. The zero-order chi connectivity index (χ0) is 24.3. The molecule has 0 bridgehead atoms. The van der Waals surface area contributed by atoms with Crippen molar-refractivity contribution in [3.63, 3.8) is 0 Å². The van der Waals surface area contributed by atoms with Crippen molar-refractivity contribution in [2.45, 2.75) is 15.8 Å². The van der Waals surface area contributed by atoms with Gasteiger partial charge in [-0.2, -0.15) is 0 Å². The number of aromatic nitrogens is 3. The summed E-state index contributed by atoms with van der Waals surface area (Å²) in [6, 6.07) is 28.3. The molecule has 0 atom stereocenters. The zero-order valence-electron chi connectivity index (χ0n) is 19.0. The Balaban J connectivity index is 1.22. The third-order valence-electron chi connectivity index (χ3n) is 5.59. The van der Waals surface area contributed by atoms with Crippen LogP contribution in [0.4, 0.5) is 10.8 Å². The van der Waals surface area contributed by atoms with E-state index < -0.39 is 0 Å². The lowest BCUT2D eigenvalue weighted by atomic mass is 10.1. The van der Waals surface area contributed by atoms with Gasteiger partial charge in [0.25, 0.3) is 0 Å². The molecule has 6 rings (SSSR count). The fourth-order valence-electron chi connectivity index (χ4n) is 3.95. The Morgan fingerprint density at radius 2 is 1.69 bits per heavy atom. The highest BCUT2D eigenvalue weighted by Gasteiger charge is 2.26. The monoisotopic (exact) mass is 527 g/mol. The van der Waals surface area contributed by atoms with E-state index in [9.17, 15) is 4.79 Å². The van der Waals surface area contributed by atoms with E-state index in [4.69, 9.17) is 4.98 Å². The van der Waals surface area contributed by atoms with Crippen molar-refractivity contribution in [2.75, 3.05) is 16.5 Å². The highest BCUT2D eigenvalue weighted by atomic mass is 32.2. The molecule has 0 saturated heterocycles. The number of amides is 1. The number of fused-ring (bicyclic) bond motifs is 3. The van der Waals surface area contributed by atoms with Gasteiger partial charge in [0.2, 0.25) is 5.91 Å². The molecule has 5 aromatic rings. The van der Waals surface area contributed by atoms with Crippen LogP contribution in [0.25, 0.3) is 22.5 Å². The van der Waals surface area contributed by atoms with E-state index >= 15 is 0 Å². The first kappa shape index (κ1) is 22.9. The number of thiazole rings is 1. The third-order valence-corrected chi connectivity index (χ3v) is 8.37. The number of anilines is 2. The van der Waals surface area contributed by atoms with E-state index in [1.165, 1.54) is 28.0 Å². The van der Waals surface area contributed by atoms with Crippen LogP contribution in [-0.2, 0) is 10.5 Å². The van der Waals surface area contributed by atoms with E-state index in [1.807, 2.05) is 76.8 Å². The van der Waals surface area contributed by atoms with Gasteiger partial charge in [-0.15, -0.1) is 23.1 Å². The van der Waals surface area contributed by atoms with E-state index in [0.717, 1.165) is 44.8 Å². The van der Waals surface area contributed by atoms with Crippen molar-refractivity contribution in [3.05, 3.63) is 96.0 Å². The molecule has 1 aliphatic heterocycles. The van der Waals surface area contributed by atoms with Gasteiger partial charge in [0.05, 0.1) is 28.5 Å². The maximum atomic E-state index is 12.8. The molecule has 3 aromatic carbocycles. The van der Waals surface area contributed by atoms with E-state index in [-0.39, 0.29) is 11.7 Å². The average molecular weight is 528 g/mol. The quantitative estimate of drug-likeness (QED) is 0.225. The first-order valence-corrected chi connectivity index (χ1v) is 14.2. The van der Waals surface area contributed by atoms with Crippen molar-refractivity contribution >= 4 is 51.6 Å². The molecule has 0 unspecified atom stereocenters. The Hall–Kier alpha value is -3.53. The van der Waals surface area contributed by atoms with Crippen LogP contribution in [0.2, 0.25) is 0 Å². The lowest BCUT2D eigenvalue weighted by Gasteiger charge is -2.19. The summed E-state index contributed by atoms with van der Waals surface area (Å²) in [5.41, 5.74) is 9.54. The van der Waals surface area contributed by atoms with Crippen LogP contribution in [-0.4, -0.2) is 26.3 Å². The number of hydrogen-bond donors (Lipinski definition) is 2. The number of hydrogen-bond acceptors (Lipinski definition) is 7. The van der Waals surface area contributed by atoms with Crippen LogP contribution in [0.15, 0.2) is 100 Å². The minimum Gasteiger partial charge on any atom is -0.301 e. The summed E-state index contributed by atoms with van der Waals surface area (Å²) in [6.45, 7) is 0. The van der Waals surface area contributed by atoms with Gasteiger partial charge in [-0.25, -0.2) is 14.6 Å². The van der Waals surface area contributed by atoms with Gasteiger partial charge >= 0.3 is 0 Å². The van der Waals surface area contributed by atoms with Gasteiger partial charge < -0.3 is 5.32 Å². The van der Waals surface area contributed by atoms with Gasteiger partial charge in [0, 0.05) is 27.2 Å². The predicted molar refractivity (Wildman–Crippen MR) is 150 cm³/mol. The van der Waals surface area contributed by atoms with Crippen LogP contribution in [0, 0.1) is 0 Å². The van der Waals surface area contributed by atoms with Gasteiger partial charge in [0.15, 0.2) is 10.3 Å².